The molecule has 2 aliphatic heterocycles. The van der Waals surface area contributed by atoms with Gasteiger partial charge in [0.2, 0.25) is 12.3 Å². The van der Waals surface area contributed by atoms with E-state index >= 15 is 0 Å². The fourth-order valence-corrected chi connectivity index (χ4v) is 2.17. The van der Waals surface area contributed by atoms with E-state index in [1.54, 1.807) is 11.9 Å². The summed E-state index contributed by atoms with van der Waals surface area (Å²) in [5.41, 5.74) is 0. The molecule has 2 saturated heterocycles. The van der Waals surface area contributed by atoms with Crippen molar-refractivity contribution in [1.82, 2.24) is 15.3 Å². The minimum absolute atomic E-state index is 0.0521. The van der Waals surface area contributed by atoms with Gasteiger partial charge in [-0.05, 0) is 12.8 Å². The predicted octanol–water partition coefficient (Wildman–Crippen LogP) is 0.139. The number of rotatable bonds is 2. The summed E-state index contributed by atoms with van der Waals surface area (Å²) in [6, 6.07) is 0. The third-order valence-corrected chi connectivity index (χ3v) is 2.88. The predicted molar refractivity (Wildman–Crippen MR) is 55.7 cm³/mol. The van der Waals surface area contributed by atoms with Gasteiger partial charge in [-0.25, -0.2) is 10.0 Å². The lowest BCUT2D eigenvalue weighted by atomic mass is 10.2. The van der Waals surface area contributed by atoms with Crippen molar-refractivity contribution in [3.05, 3.63) is 0 Å². The van der Waals surface area contributed by atoms with E-state index < -0.39 is 0 Å². The summed E-state index contributed by atoms with van der Waals surface area (Å²) >= 11 is 0. The Morgan fingerprint density at radius 3 is 2.67 bits per heavy atom. The van der Waals surface area contributed by atoms with Crippen molar-refractivity contribution in [3.63, 3.8) is 0 Å². The van der Waals surface area contributed by atoms with Crippen molar-refractivity contribution < 1.29 is 9.53 Å². The number of hydrazine groups is 1. The van der Waals surface area contributed by atoms with Gasteiger partial charge in [-0.15, -0.1) is 0 Å². The average molecular weight is 213 g/mol. The molecular formula is C10H19N3O2. The number of piperidine rings is 1. The van der Waals surface area contributed by atoms with Crippen LogP contribution in [0.15, 0.2) is 0 Å². The van der Waals surface area contributed by atoms with Crippen molar-refractivity contribution >= 4 is 5.91 Å². The highest BCUT2D eigenvalue weighted by Crippen LogP contribution is 2.15. The molecule has 0 aromatic carbocycles. The molecule has 1 unspecified atom stereocenters. The van der Waals surface area contributed by atoms with E-state index in [4.69, 9.17) is 4.74 Å². The Bertz CT molecular complexity index is 223. The molecule has 5 nitrogen and oxygen atoms in total. The van der Waals surface area contributed by atoms with Gasteiger partial charge in [0.15, 0.2) is 0 Å². The van der Waals surface area contributed by atoms with Crippen molar-refractivity contribution in [2.24, 2.45) is 0 Å². The third kappa shape index (κ3) is 2.48. The molecule has 1 amide bonds. The van der Waals surface area contributed by atoms with Crippen LogP contribution >= 0.6 is 0 Å². The summed E-state index contributed by atoms with van der Waals surface area (Å²) in [5, 5.41) is 7.01. The molecule has 15 heavy (non-hydrogen) atoms. The molecule has 0 aliphatic carbocycles. The molecule has 1 atom stereocenters. The van der Waals surface area contributed by atoms with E-state index in [0.717, 1.165) is 32.5 Å². The fraction of sp³-hybridized carbons (Fsp3) is 0.900. The Morgan fingerprint density at radius 2 is 2.13 bits per heavy atom. The molecule has 0 aromatic heterocycles. The highest BCUT2D eigenvalue weighted by atomic mass is 16.5. The average Bonchev–Trinajstić information content (AvgIpc) is 2.72. The number of hydrogen-bond donors (Lipinski definition) is 1. The lowest BCUT2D eigenvalue weighted by Crippen LogP contribution is -2.56. The van der Waals surface area contributed by atoms with Crippen LogP contribution in [0.1, 0.15) is 26.2 Å². The largest absolute Gasteiger partial charge is 0.342 e. The summed E-state index contributed by atoms with van der Waals surface area (Å²) in [7, 11) is 0. The SMILES string of the molecule is CC(=O)N(C1NCCO1)N1CCCCC1. The molecule has 2 aliphatic rings. The van der Waals surface area contributed by atoms with E-state index in [9.17, 15) is 4.79 Å². The van der Waals surface area contributed by atoms with E-state index in [0.29, 0.717) is 6.61 Å². The zero-order valence-electron chi connectivity index (χ0n) is 9.24. The molecule has 0 radical (unpaired) electrons. The summed E-state index contributed by atoms with van der Waals surface area (Å²) in [6.07, 6.45) is 3.34. The van der Waals surface area contributed by atoms with Crippen LogP contribution in [-0.2, 0) is 9.53 Å². The molecule has 5 heteroatoms. The quantitative estimate of drug-likeness (QED) is 0.708. The first-order chi connectivity index (χ1) is 7.29. The summed E-state index contributed by atoms with van der Waals surface area (Å²) in [4.78, 5) is 11.6. The van der Waals surface area contributed by atoms with Gasteiger partial charge >= 0.3 is 0 Å². The topological polar surface area (TPSA) is 44.8 Å². The van der Waals surface area contributed by atoms with Gasteiger partial charge in [-0.1, -0.05) is 6.42 Å². The van der Waals surface area contributed by atoms with Crippen LogP contribution in [0.3, 0.4) is 0 Å². The summed E-state index contributed by atoms with van der Waals surface area (Å²) in [6.45, 7) is 5.02. The lowest BCUT2D eigenvalue weighted by molar-refractivity contribution is -0.182. The molecule has 0 spiro atoms. The summed E-state index contributed by atoms with van der Waals surface area (Å²) in [5.74, 6) is 0.0521. The molecule has 1 N–H and O–H groups in total. The van der Waals surface area contributed by atoms with E-state index in [2.05, 4.69) is 10.3 Å². The van der Waals surface area contributed by atoms with Crippen molar-refractivity contribution in [2.45, 2.75) is 32.5 Å². The van der Waals surface area contributed by atoms with Gasteiger partial charge in [0, 0.05) is 26.6 Å². The second-order valence-electron chi connectivity index (χ2n) is 4.06. The maximum absolute atomic E-state index is 11.6. The first-order valence-electron chi connectivity index (χ1n) is 5.68. The number of carbonyl (C=O) groups is 1. The number of ether oxygens (including phenoxy) is 1. The Balaban J connectivity index is 2.00. The monoisotopic (exact) mass is 213 g/mol. The van der Waals surface area contributed by atoms with Gasteiger partial charge in [-0.2, -0.15) is 0 Å². The van der Waals surface area contributed by atoms with Crippen LogP contribution < -0.4 is 5.32 Å². The zero-order valence-corrected chi connectivity index (χ0v) is 9.24. The number of nitrogens with zero attached hydrogens (tertiary/aromatic N) is 2. The maximum Gasteiger partial charge on any atom is 0.237 e. The lowest BCUT2D eigenvalue weighted by Gasteiger charge is -2.39. The zero-order chi connectivity index (χ0) is 10.7. The molecular weight excluding hydrogens is 194 g/mol. The van der Waals surface area contributed by atoms with E-state index in [1.165, 1.54) is 6.42 Å². The summed E-state index contributed by atoms with van der Waals surface area (Å²) < 4.78 is 5.48. The molecule has 2 rings (SSSR count). The van der Waals surface area contributed by atoms with Crippen LogP contribution in [0.4, 0.5) is 0 Å². The molecule has 86 valence electrons. The Morgan fingerprint density at radius 1 is 1.40 bits per heavy atom. The van der Waals surface area contributed by atoms with Crippen LogP contribution in [0.5, 0.6) is 0 Å². The highest BCUT2D eigenvalue weighted by molar-refractivity contribution is 5.72. The van der Waals surface area contributed by atoms with Gasteiger partial charge in [0.05, 0.1) is 6.61 Å². The first-order valence-corrected chi connectivity index (χ1v) is 5.68. The minimum Gasteiger partial charge on any atom is -0.342 e. The molecule has 0 saturated carbocycles. The van der Waals surface area contributed by atoms with E-state index in [1.807, 2.05) is 0 Å². The number of nitrogens with one attached hydrogen (secondary N) is 1. The number of amides is 1. The third-order valence-electron chi connectivity index (χ3n) is 2.88. The molecule has 0 bridgehead atoms. The molecule has 2 heterocycles. The van der Waals surface area contributed by atoms with Crippen molar-refractivity contribution in [3.8, 4) is 0 Å². The Hall–Kier alpha value is -0.650. The minimum atomic E-state index is -0.249. The van der Waals surface area contributed by atoms with Crippen LogP contribution in [-0.4, -0.2) is 48.5 Å². The molecule has 0 aromatic rings. The van der Waals surface area contributed by atoms with Gasteiger partial charge in [0.25, 0.3) is 0 Å². The van der Waals surface area contributed by atoms with E-state index in [-0.39, 0.29) is 12.3 Å². The van der Waals surface area contributed by atoms with Crippen LogP contribution in [0, 0.1) is 0 Å². The first kappa shape index (κ1) is 10.9. The standard InChI is InChI=1S/C10H19N3O2/c1-9(14)13(10-11-5-8-15-10)12-6-3-2-4-7-12/h10-11H,2-8H2,1H3. The van der Waals surface area contributed by atoms with Crippen molar-refractivity contribution in [1.29, 1.82) is 0 Å². The highest BCUT2D eigenvalue weighted by Gasteiger charge is 2.30. The smallest absolute Gasteiger partial charge is 0.237 e. The maximum atomic E-state index is 11.6. The Labute approximate surface area is 90.3 Å². The van der Waals surface area contributed by atoms with Gasteiger partial charge in [0.1, 0.15) is 0 Å². The normalized spacial score (nSPS) is 27.9. The van der Waals surface area contributed by atoms with Gasteiger partial charge < -0.3 is 4.74 Å². The number of carbonyl (C=O) groups excluding carboxylic acids is 1. The Kier molecular flexibility index (Phi) is 3.56. The second-order valence-corrected chi connectivity index (χ2v) is 4.06. The molecule has 2 fully saturated rings. The second kappa shape index (κ2) is 4.92. The van der Waals surface area contributed by atoms with Crippen molar-refractivity contribution in [2.75, 3.05) is 26.2 Å². The van der Waals surface area contributed by atoms with Crippen LogP contribution in [0.25, 0.3) is 0 Å². The van der Waals surface area contributed by atoms with Gasteiger partial charge in [-0.3, -0.25) is 10.1 Å². The number of hydrogen-bond acceptors (Lipinski definition) is 4. The van der Waals surface area contributed by atoms with Crippen LogP contribution in [0.2, 0.25) is 0 Å². The fourth-order valence-electron chi connectivity index (χ4n) is 2.17.